The first-order chi connectivity index (χ1) is 10.1. The monoisotopic (exact) mass is 287 g/mol. The summed E-state index contributed by atoms with van der Waals surface area (Å²) < 4.78 is 0. The quantitative estimate of drug-likeness (QED) is 0.696. The van der Waals surface area contributed by atoms with Gasteiger partial charge in [0.15, 0.2) is 5.69 Å². The van der Waals surface area contributed by atoms with Gasteiger partial charge in [0.05, 0.1) is 5.52 Å². The number of rotatable bonds is 2. The molecule has 1 saturated heterocycles. The molecule has 7 heteroatoms. The van der Waals surface area contributed by atoms with Crippen molar-refractivity contribution < 1.29 is 9.59 Å². The van der Waals surface area contributed by atoms with Crippen molar-refractivity contribution in [2.45, 2.75) is 12.8 Å². The van der Waals surface area contributed by atoms with Crippen LogP contribution < -0.4 is 11.5 Å². The number of nitrogens with zero attached hydrogens (tertiary/aromatic N) is 2. The molecule has 0 atom stereocenters. The summed E-state index contributed by atoms with van der Waals surface area (Å²) in [6.45, 7) is 1.03. The van der Waals surface area contributed by atoms with E-state index in [9.17, 15) is 9.59 Å². The van der Waals surface area contributed by atoms with Crippen molar-refractivity contribution >= 4 is 28.4 Å². The second-order valence-electron chi connectivity index (χ2n) is 5.35. The highest BCUT2D eigenvalue weighted by atomic mass is 16.2. The van der Waals surface area contributed by atoms with Gasteiger partial charge in [-0.15, -0.1) is 0 Å². The Bertz CT molecular complexity index is 700. The third-order valence-electron chi connectivity index (χ3n) is 3.97. The highest BCUT2D eigenvalue weighted by molar-refractivity contribution is 6.05. The molecule has 110 valence electrons. The average Bonchev–Trinajstić information content (AvgIpc) is 2.89. The summed E-state index contributed by atoms with van der Waals surface area (Å²) in [5.41, 5.74) is 12.8. The number of hydrogen-bond acceptors (Lipinski definition) is 4. The van der Waals surface area contributed by atoms with Crippen LogP contribution in [0.5, 0.6) is 0 Å². The van der Waals surface area contributed by atoms with Crippen LogP contribution in [0, 0.1) is 5.92 Å². The minimum atomic E-state index is -0.292. The van der Waals surface area contributed by atoms with E-state index in [0.717, 1.165) is 10.9 Å². The molecule has 1 aromatic carbocycles. The van der Waals surface area contributed by atoms with Crippen LogP contribution in [0.1, 0.15) is 23.3 Å². The van der Waals surface area contributed by atoms with Gasteiger partial charge >= 0.3 is 0 Å². The van der Waals surface area contributed by atoms with E-state index in [-0.39, 0.29) is 17.7 Å². The van der Waals surface area contributed by atoms with Crippen LogP contribution in [0.3, 0.4) is 0 Å². The number of likely N-dealkylation sites (tertiary alicyclic amines) is 1. The van der Waals surface area contributed by atoms with E-state index in [0.29, 0.717) is 37.3 Å². The largest absolute Gasteiger partial charge is 0.399 e. The highest BCUT2D eigenvalue weighted by Crippen LogP contribution is 2.23. The van der Waals surface area contributed by atoms with Crippen LogP contribution in [0.15, 0.2) is 18.2 Å². The van der Waals surface area contributed by atoms with E-state index < -0.39 is 0 Å². The van der Waals surface area contributed by atoms with Gasteiger partial charge in [0, 0.05) is 30.1 Å². The average molecular weight is 287 g/mol. The van der Waals surface area contributed by atoms with E-state index in [2.05, 4.69) is 10.2 Å². The number of hydrogen-bond donors (Lipinski definition) is 3. The van der Waals surface area contributed by atoms with Crippen molar-refractivity contribution in [1.82, 2.24) is 15.1 Å². The standard InChI is InChI=1S/C14H17N5O2/c15-9-1-2-11-10(7-9)12(18-17-11)14(21)19-5-3-8(4-6-19)13(16)20/h1-2,7-8H,3-6,15H2,(H2,16,20)(H,17,18). The Kier molecular flexibility index (Phi) is 3.25. The molecule has 1 aromatic heterocycles. The van der Waals surface area contributed by atoms with E-state index in [1.54, 1.807) is 23.1 Å². The lowest BCUT2D eigenvalue weighted by atomic mass is 9.96. The number of aromatic amines is 1. The molecule has 0 radical (unpaired) electrons. The number of nitrogen functional groups attached to an aromatic ring is 1. The van der Waals surface area contributed by atoms with E-state index >= 15 is 0 Å². The Balaban J connectivity index is 1.82. The maximum absolute atomic E-state index is 12.5. The van der Waals surface area contributed by atoms with Crippen molar-refractivity contribution in [3.63, 3.8) is 0 Å². The van der Waals surface area contributed by atoms with Crippen LogP contribution >= 0.6 is 0 Å². The van der Waals surface area contributed by atoms with Gasteiger partial charge in [0.2, 0.25) is 5.91 Å². The molecular weight excluding hydrogens is 270 g/mol. The minimum Gasteiger partial charge on any atom is -0.399 e. The van der Waals surface area contributed by atoms with E-state index in [1.165, 1.54) is 0 Å². The number of benzene rings is 1. The fourth-order valence-electron chi connectivity index (χ4n) is 2.71. The molecule has 0 spiro atoms. The Morgan fingerprint density at radius 3 is 2.67 bits per heavy atom. The lowest BCUT2D eigenvalue weighted by Gasteiger charge is -2.30. The number of amides is 2. The predicted molar refractivity (Wildman–Crippen MR) is 78.3 cm³/mol. The molecule has 2 aromatic rings. The van der Waals surface area contributed by atoms with Crippen LogP contribution in [0.25, 0.3) is 10.9 Å². The Morgan fingerprint density at radius 1 is 1.29 bits per heavy atom. The normalized spacial score (nSPS) is 16.3. The van der Waals surface area contributed by atoms with Gasteiger partial charge in [-0.2, -0.15) is 5.10 Å². The molecule has 1 aliphatic rings. The van der Waals surface area contributed by atoms with E-state index in [4.69, 9.17) is 11.5 Å². The van der Waals surface area contributed by atoms with Crippen LogP contribution in [-0.2, 0) is 4.79 Å². The molecular formula is C14H17N5O2. The van der Waals surface area contributed by atoms with Gasteiger partial charge in [-0.05, 0) is 31.0 Å². The van der Waals surface area contributed by atoms with Crippen LogP contribution in [0.4, 0.5) is 5.69 Å². The first kappa shape index (κ1) is 13.4. The number of nitrogens with one attached hydrogen (secondary N) is 1. The van der Waals surface area contributed by atoms with E-state index in [1.807, 2.05) is 0 Å². The number of nitrogens with two attached hydrogens (primary N) is 2. The minimum absolute atomic E-state index is 0.138. The third-order valence-corrected chi connectivity index (χ3v) is 3.97. The molecule has 1 aliphatic heterocycles. The third kappa shape index (κ3) is 2.42. The van der Waals surface area contributed by atoms with Gasteiger partial charge in [-0.25, -0.2) is 0 Å². The lowest BCUT2D eigenvalue weighted by Crippen LogP contribution is -2.41. The highest BCUT2D eigenvalue weighted by Gasteiger charge is 2.28. The van der Waals surface area contributed by atoms with Crippen molar-refractivity contribution in [3.8, 4) is 0 Å². The second kappa shape index (κ2) is 5.08. The zero-order chi connectivity index (χ0) is 15.0. The summed E-state index contributed by atoms with van der Waals surface area (Å²) in [5, 5.41) is 7.66. The number of anilines is 1. The molecule has 0 saturated carbocycles. The molecule has 2 heterocycles. The van der Waals surface area contributed by atoms with Gasteiger partial charge < -0.3 is 16.4 Å². The summed E-state index contributed by atoms with van der Waals surface area (Å²) in [7, 11) is 0. The zero-order valence-electron chi connectivity index (χ0n) is 11.5. The second-order valence-corrected chi connectivity index (χ2v) is 5.35. The summed E-state index contributed by atoms with van der Waals surface area (Å²) in [6, 6.07) is 5.29. The molecule has 7 nitrogen and oxygen atoms in total. The van der Waals surface area contributed by atoms with Crippen molar-refractivity contribution in [3.05, 3.63) is 23.9 Å². The van der Waals surface area contributed by atoms with Gasteiger partial charge in [-0.1, -0.05) is 0 Å². The topological polar surface area (TPSA) is 118 Å². The number of aromatic nitrogens is 2. The SMILES string of the molecule is NC(=O)C1CCN(C(=O)c2n[nH]c3ccc(N)cc23)CC1. The molecule has 0 aliphatic carbocycles. The smallest absolute Gasteiger partial charge is 0.274 e. The maximum Gasteiger partial charge on any atom is 0.274 e. The summed E-state index contributed by atoms with van der Waals surface area (Å²) in [5.74, 6) is -0.574. The Hall–Kier alpha value is -2.57. The molecule has 2 amide bonds. The summed E-state index contributed by atoms with van der Waals surface area (Å²) in [4.78, 5) is 25.4. The van der Waals surface area contributed by atoms with Gasteiger partial charge in [0.1, 0.15) is 0 Å². The van der Waals surface area contributed by atoms with Gasteiger partial charge in [-0.3, -0.25) is 14.7 Å². The fraction of sp³-hybridized carbons (Fsp3) is 0.357. The fourth-order valence-corrected chi connectivity index (χ4v) is 2.71. The predicted octanol–water partition coefficient (Wildman–Crippen LogP) is 0.483. The number of fused-ring (bicyclic) bond motifs is 1. The number of carbonyl (C=O) groups is 2. The molecule has 1 fully saturated rings. The number of primary amides is 1. The number of carbonyl (C=O) groups excluding carboxylic acids is 2. The molecule has 0 unspecified atom stereocenters. The summed E-state index contributed by atoms with van der Waals surface area (Å²) in [6.07, 6.45) is 1.21. The maximum atomic E-state index is 12.5. The lowest BCUT2D eigenvalue weighted by molar-refractivity contribution is -0.123. The molecule has 3 rings (SSSR count). The zero-order valence-corrected chi connectivity index (χ0v) is 11.5. The Morgan fingerprint density at radius 2 is 2.00 bits per heavy atom. The molecule has 21 heavy (non-hydrogen) atoms. The number of piperidine rings is 1. The van der Waals surface area contributed by atoms with Crippen LogP contribution in [-0.4, -0.2) is 40.0 Å². The Labute approximate surface area is 121 Å². The van der Waals surface area contributed by atoms with Gasteiger partial charge in [0.25, 0.3) is 5.91 Å². The molecule has 5 N–H and O–H groups in total. The van der Waals surface area contributed by atoms with Crippen LogP contribution in [0.2, 0.25) is 0 Å². The number of H-pyrrole nitrogens is 1. The molecule has 0 bridgehead atoms. The van der Waals surface area contributed by atoms with Crippen molar-refractivity contribution in [2.24, 2.45) is 11.7 Å². The van der Waals surface area contributed by atoms with Crippen molar-refractivity contribution in [1.29, 1.82) is 0 Å². The first-order valence-corrected chi connectivity index (χ1v) is 6.88. The summed E-state index contributed by atoms with van der Waals surface area (Å²) >= 11 is 0. The van der Waals surface area contributed by atoms with Crippen molar-refractivity contribution in [2.75, 3.05) is 18.8 Å². The first-order valence-electron chi connectivity index (χ1n) is 6.88.